The molecule has 36 heavy (non-hydrogen) atoms. The van der Waals surface area contributed by atoms with E-state index in [9.17, 15) is 0 Å². The summed E-state index contributed by atoms with van der Waals surface area (Å²) in [6, 6.07) is 40.4. The van der Waals surface area contributed by atoms with Crippen molar-refractivity contribution in [1.82, 2.24) is 0 Å². The van der Waals surface area contributed by atoms with Crippen molar-refractivity contribution >= 4 is 43.3 Å². The standard InChI is InChI=1S/C34H23NS/c1-2-11-24-21(8-1)18-19-30-32(24)29-16-6-13-25(33(29)35-30)22-9-5-10-23(20-22)26-14-7-15-28-27-12-3-4-17-31(27)36-34(26)28/h1-20,30,32,35H. The topological polar surface area (TPSA) is 12.0 Å². The molecule has 170 valence electrons. The van der Waals surface area contributed by atoms with Crippen LogP contribution in [0.3, 0.4) is 0 Å². The van der Waals surface area contributed by atoms with Crippen LogP contribution in [0.5, 0.6) is 0 Å². The van der Waals surface area contributed by atoms with E-state index in [1.807, 2.05) is 11.3 Å². The normalized spacial score (nSPS) is 17.6. The summed E-state index contributed by atoms with van der Waals surface area (Å²) in [5, 5.41) is 6.55. The average molecular weight is 478 g/mol. The van der Waals surface area contributed by atoms with Gasteiger partial charge in [0, 0.05) is 37.3 Å². The van der Waals surface area contributed by atoms with Crippen molar-refractivity contribution < 1.29 is 0 Å². The van der Waals surface area contributed by atoms with Gasteiger partial charge >= 0.3 is 0 Å². The SMILES string of the molecule is C1=CC2Nc3c(-c4cccc(-c5cccc6c5sc5ccccc56)c4)cccc3C2c2ccccc21. The van der Waals surface area contributed by atoms with Crippen LogP contribution in [0.25, 0.3) is 48.5 Å². The fourth-order valence-corrected chi connectivity index (χ4v) is 7.41. The first-order valence-corrected chi connectivity index (χ1v) is 13.3. The maximum Gasteiger partial charge on any atom is 0.0558 e. The second-order valence-corrected chi connectivity index (χ2v) is 10.8. The van der Waals surface area contributed by atoms with Gasteiger partial charge in [0.25, 0.3) is 0 Å². The first-order valence-electron chi connectivity index (χ1n) is 12.5. The monoisotopic (exact) mass is 477 g/mol. The number of hydrogen-bond acceptors (Lipinski definition) is 2. The van der Waals surface area contributed by atoms with Crippen LogP contribution in [0.4, 0.5) is 5.69 Å². The van der Waals surface area contributed by atoms with Gasteiger partial charge in [-0.2, -0.15) is 0 Å². The van der Waals surface area contributed by atoms with Crippen molar-refractivity contribution in [3.63, 3.8) is 0 Å². The molecule has 0 saturated heterocycles. The van der Waals surface area contributed by atoms with Crippen LogP contribution in [-0.4, -0.2) is 6.04 Å². The lowest BCUT2D eigenvalue weighted by Crippen LogP contribution is -2.21. The summed E-state index contributed by atoms with van der Waals surface area (Å²) in [4.78, 5) is 0. The summed E-state index contributed by atoms with van der Waals surface area (Å²) >= 11 is 1.89. The van der Waals surface area contributed by atoms with Crippen molar-refractivity contribution in [2.75, 3.05) is 5.32 Å². The molecule has 0 amide bonds. The van der Waals surface area contributed by atoms with E-state index in [4.69, 9.17) is 0 Å². The molecule has 5 aromatic carbocycles. The maximum absolute atomic E-state index is 3.87. The van der Waals surface area contributed by atoms with E-state index in [0.29, 0.717) is 12.0 Å². The minimum atomic E-state index is 0.298. The third kappa shape index (κ3) is 2.88. The van der Waals surface area contributed by atoms with E-state index in [1.165, 1.54) is 64.8 Å². The van der Waals surface area contributed by atoms with Gasteiger partial charge in [0.05, 0.1) is 6.04 Å². The lowest BCUT2D eigenvalue weighted by Gasteiger charge is -2.23. The molecule has 2 unspecified atom stereocenters. The fraction of sp³-hybridized carbons (Fsp3) is 0.0588. The van der Waals surface area contributed by atoms with E-state index in [0.717, 1.165) is 0 Å². The van der Waals surface area contributed by atoms with E-state index < -0.39 is 0 Å². The van der Waals surface area contributed by atoms with E-state index in [-0.39, 0.29) is 0 Å². The van der Waals surface area contributed by atoms with Crippen molar-refractivity contribution in [3.8, 4) is 22.3 Å². The van der Waals surface area contributed by atoms with Crippen molar-refractivity contribution in [1.29, 1.82) is 0 Å². The maximum atomic E-state index is 3.87. The van der Waals surface area contributed by atoms with Gasteiger partial charge < -0.3 is 5.32 Å². The van der Waals surface area contributed by atoms with Crippen LogP contribution in [0.1, 0.15) is 22.6 Å². The summed E-state index contributed by atoms with van der Waals surface area (Å²) in [5.41, 5.74) is 10.5. The first kappa shape index (κ1) is 20.1. The van der Waals surface area contributed by atoms with Crippen molar-refractivity contribution in [2.45, 2.75) is 12.0 Å². The van der Waals surface area contributed by atoms with Gasteiger partial charge in [-0.05, 0) is 45.5 Å². The van der Waals surface area contributed by atoms with Gasteiger partial charge in [0.2, 0.25) is 0 Å². The van der Waals surface area contributed by atoms with Crippen molar-refractivity contribution in [2.24, 2.45) is 0 Å². The van der Waals surface area contributed by atoms with Gasteiger partial charge in [-0.25, -0.2) is 0 Å². The number of anilines is 1. The van der Waals surface area contributed by atoms with Crippen molar-refractivity contribution in [3.05, 3.63) is 132 Å². The molecule has 8 rings (SSSR count). The van der Waals surface area contributed by atoms with Gasteiger partial charge in [-0.15, -0.1) is 11.3 Å². The molecule has 6 aromatic rings. The Morgan fingerprint density at radius 2 is 1.33 bits per heavy atom. The predicted molar refractivity (Wildman–Crippen MR) is 155 cm³/mol. The summed E-state index contributed by atoms with van der Waals surface area (Å²) < 4.78 is 2.71. The van der Waals surface area contributed by atoms with Crippen LogP contribution >= 0.6 is 11.3 Å². The third-order valence-electron chi connectivity index (χ3n) is 7.80. The second-order valence-electron chi connectivity index (χ2n) is 9.77. The molecule has 0 spiro atoms. The zero-order valence-corrected chi connectivity index (χ0v) is 20.4. The molecule has 2 heteroatoms. The third-order valence-corrected chi connectivity index (χ3v) is 9.02. The Kier molecular flexibility index (Phi) is 4.29. The fourth-order valence-electron chi connectivity index (χ4n) is 6.18. The molecule has 0 saturated carbocycles. The molecule has 2 heterocycles. The molecule has 1 aromatic heterocycles. The highest BCUT2D eigenvalue weighted by Gasteiger charge is 2.36. The number of para-hydroxylation sites is 1. The average Bonchev–Trinajstić information content (AvgIpc) is 3.52. The Hall–Kier alpha value is -4.14. The molecule has 0 bridgehead atoms. The van der Waals surface area contributed by atoms with E-state index >= 15 is 0 Å². The number of rotatable bonds is 2. The molecule has 1 nitrogen and oxygen atoms in total. The van der Waals surface area contributed by atoms with Gasteiger partial charge in [0.15, 0.2) is 0 Å². The van der Waals surface area contributed by atoms with Gasteiger partial charge in [0.1, 0.15) is 0 Å². The zero-order chi connectivity index (χ0) is 23.6. The lowest BCUT2D eigenvalue weighted by molar-refractivity contribution is 0.778. The zero-order valence-electron chi connectivity index (χ0n) is 19.6. The van der Waals surface area contributed by atoms with Crippen LogP contribution in [0.2, 0.25) is 0 Å². The van der Waals surface area contributed by atoms with Gasteiger partial charge in [-0.1, -0.05) is 109 Å². The predicted octanol–water partition coefficient (Wildman–Crippen LogP) is 9.34. The molecule has 2 atom stereocenters. The summed E-state index contributed by atoms with van der Waals surface area (Å²) in [5.74, 6) is 0.358. The molecular formula is C34H23NS. The Morgan fingerprint density at radius 1 is 0.611 bits per heavy atom. The Morgan fingerprint density at radius 3 is 2.31 bits per heavy atom. The summed E-state index contributed by atoms with van der Waals surface area (Å²) in [6.45, 7) is 0. The molecule has 1 N–H and O–H groups in total. The van der Waals surface area contributed by atoms with Gasteiger partial charge in [-0.3, -0.25) is 0 Å². The minimum absolute atomic E-state index is 0.298. The van der Waals surface area contributed by atoms with Crippen LogP contribution in [-0.2, 0) is 0 Å². The first-order chi connectivity index (χ1) is 17.8. The lowest BCUT2D eigenvalue weighted by atomic mass is 9.81. The number of fused-ring (bicyclic) bond motifs is 8. The van der Waals surface area contributed by atoms with Crippen LogP contribution in [0.15, 0.2) is 115 Å². The second kappa shape index (κ2) is 7.68. The quantitative estimate of drug-likeness (QED) is 0.262. The molecule has 2 aliphatic rings. The smallest absolute Gasteiger partial charge is 0.0558 e. The summed E-state index contributed by atoms with van der Waals surface area (Å²) in [7, 11) is 0. The Balaban J connectivity index is 1.27. The number of hydrogen-bond donors (Lipinski definition) is 1. The number of nitrogens with one attached hydrogen (secondary N) is 1. The number of benzene rings is 5. The molecule has 0 fully saturated rings. The number of thiophene rings is 1. The molecular weight excluding hydrogens is 454 g/mol. The van der Waals surface area contributed by atoms with Crippen LogP contribution < -0.4 is 5.32 Å². The molecule has 1 aliphatic heterocycles. The van der Waals surface area contributed by atoms with Crippen LogP contribution in [0, 0.1) is 0 Å². The molecule has 1 aliphatic carbocycles. The highest BCUT2D eigenvalue weighted by molar-refractivity contribution is 7.26. The highest BCUT2D eigenvalue weighted by Crippen LogP contribution is 2.49. The largest absolute Gasteiger partial charge is 0.377 e. The Labute approximate surface area is 214 Å². The van der Waals surface area contributed by atoms with E-state index in [2.05, 4.69) is 127 Å². The summed E-state index contributed by atoms with van der Waals surface area (Å²) in [6.07, 6.45) is 4.59. The Bertz CT molecular complexity index is 1840. The molecule has 0 radical (unpaired) electrons. The highest BCUT2D eigenvalue weighted by atomic mass is 32.1. The minimum Gasteiger partial charge on any atom is -0.377 e. The van der Waals surface area contributed by atoms with E-state index in [1.54, 1.807) is 0 Å².